The molecule has 0 spiro atoms. The number of nitrogens with zero attached hydrogens (tertiary/aromatic N) is 1. The van der Waals surface area contributed by atoms with Crippen LogP contribution >= 0.6 is 27.3 Å². The minimum Gasteiger partial charge on any atom is -0.373 e. The Balaban J connectivity index is 1.97. The van der Waals surface area contributed by atoms with Crippen LogP contribution in [0.1, 0.15) is 18.7 Å². The number of thiophene rings is 1. The zero-order valence-corrected chi connectivity index (χ0v) is 14.0. The van der Waals surface area contributed by atoms with Crippen molar-refractivity contribution >= 4 is 37.5 Å². The van der Waals surface area contributed by atoms with E-state index in [9.17, 15) is 8.42 Å². The van der Waals surface area contributed by atoms with E-state index in [1.165, 1.54) is 15.6 Å². The molecule has 2 rings (SSSR count). The fourth-order valence-corrected chi connectivity index (χ4v) is 4.87. The molecule has 0 aromatic carbocycles. The van der Waals surface area contributed by atoms with Gasteiger partial charge in [-0.05, 0) is 41.9 Å². The Kier molecular flexibility index (Phi) is 5.02. The smallest absolute Gasteiger partial charge is 0.279 e. The second-order valence-corrected chi connectivity index (χ2v) is 8.91. The maximum absolute atomic E-state index is 12.2. The van der Waals surface area contributed by atoms with Crippen LogP contribution in [0.4, 0.5) is 0 Å². The summed E-state index contributed by atoms with van der Waals surface area (Å²) in [5.74, 6) is 0. The van der Waals surface area contributed by atoms with Crippen LogP contribution < -0.4 is 4.72 Å². The van der Waals surface area contributed by atoms with E-state index in [0.29, 0.717) is 19.6 Å². The summed E-state index contributed by atoms with van der Waals surface area (Å²) in [6.45, 7) is 4.88. The Hall–Kier alpha value is 0.01000. The zero-order valence-electron chi connectivity index (χ0n) is 10.8. The molecule has 1 aromatic heterocycles. The Morgan fingerprint density at radius 1 is 1.42 bits per heavy atom. The first-order chi connectivity index (χ1) is 8.87. The fourth-order valence-electron chi connectivity index (χ4n) is 2.03. The molecule has 0 radical (unpaired) electrons. The van der Waals surface area contributed by atoms with Crippen molar-refractivity contribution in [3.63, 3.8) is 0 Å². The van der Waals surface area contributed by atoms with Crippen LogP contribution in [-0.2, 0) is 21.5 Å². The fraction of sp³-hybridized carbons (Fsp3) is 0.636. The van der Waals surface area contributed by atoms with Crippen molar-refractivity contribution in [3.8, 4) is 0 Å². The monoisotopic (exact) mass is 368 g/mol. The van der Waals surface area contributed by atoms with Crippen LogP contribution in [0.25, 0.3) is 0 Å². The predicted molar refractivity (Wildman–Crippen MR) is 79.4 cm³/mol. The zero-order chi connectivity index (χ0) is 14.0. The lowest BCUT2D eigenvalue weighted by atomic mass is 10.3. The Bertz CT molecular complexity index is 522. The first-order valence-corrected chi connectivity index (χ1v) is 9.06. The van der Waals surface area contributed by atoms with Crippen molar-refractivity contribution in [1.29, 1.82) is 0 Å². The van der Waals surface area contributed by atoms with Gasteiger partial charge in [0.1, 0.15) is 0 Å². The highest BCUT2D eigenvalue weighted by Crippen LogP contribution is 2.22. The lowest BCUT2D eigenvalue weighted by Crippen LogP contribution is -2.51. The van der Waals surface area contributed by atoms with Gasteiger partial charge >= 0.3 is 0 Å². The first-order valence-electron chi connectivity index (χ1n) is 6.01. The molecule has 108 valence electrons. The summed E-state index contributed by atoms with van der Waals surface area (Å²) < 4.78 is 35.0. The number of nitrogens with one attached hydrogen (secondary N) is 1. The molecule has 19 heavy (non-hydrogen) atoms. The highest BCUT2D eigenvalue weighted by molar-refractivity contribution is 9.11. The van der Waals surface area contributed by atoms with Gasteiger partial charge in [0.15, 0.2) is 0 Å². The van der Waals surface area contributed by atoms with Gasteiger partial charge in [-0.1, -0.05) is 0 Å². The molecule has 0 saturated carbocycles. The maximum Gasteiger partial charge on any atom is 0.279 e. The quantitative estimate of drug-likeness (QED) is 0.883. The normalized spacial score (nSPS) is 25.6. The van der Waals surface area contributed by atoms with E-state index >= 15 is 0 Å². The predicted octanol–water partition coefficient (Wildman–Crippen LogP) is 1.95. The Morgan fingerprint density at radius 3 is 2.58 bits per heavy atom. The van der Waals surface area contributed by atoms with Crippen molar-refractivity contribution in [3.05, 3.63) is 20.8 Å². The van der Waals surface area contributed by atoms with Gasteiger partial charge in [-0.25, -0.2) is 0 Å². The number of rotatable bonds is 4. The van der Waals surface area contributed by atoms with Crippen LogP contribution in [0.5, 0.6) is 0 Å². The van der Waals surface area contributed by atoms with Crippen LogP contribution in [0.3, 0.4) is 0 Å². The number of hydrogen-bond acceptors (Lipinski definition) is 4. The van der Waals surface area contributed by atoms with Gasteiger partial charge in [0.2, 0.25) is 0 Å². The lowest BCUT2D eigenvalue weighted by Gasteiger charge is -2.34. The lowest BCUT2D eigenvalue weighted by molar-refractivity contribution is -0.0444. The van der Waals surface area contributed by atoms with E-state index in [2.05, 4.69) is 20.7 Å². The van der Waals surface area contributed by atoms with Gasteiger partial charge in [-0.3, -0.25) is 0 Å². The molecular formula is C11H17BrN2O3S2. The summed E-state index contributed by atoms with van der Waals surface area (Å²) in [5.41, 5.74) is 0. The molecule has 2 heterocycles. The van der Waals surface area contributed by atoms with Crippen LogP contribution in [-0.4, -0.2) is 38.0 Å². The molecule has 1 fully saturated rings. The van der Waals surface area contributed by atoms with E-state index in [1.807, 2.05) is 26.0 Å². The standard InChI is InChI=1S/C11H17BrN2O3S2/c1-8-6-14(7-9(2)17-8)19(15,16)13-5-10-3-4-11(12)18-10/h3-4,8-9,13H,5-7H2,1-2H3. The number of morpholine rings is 1. The van der Waals surface area contributed by atoms with Crippen molar-refractivity contribution in [2.24, 2.45) is 0 Å². The van der Waals surface area contributed by atoms with Gasteiger partial charge < -0.3 is 4.74 Å². The summed E-state index contributed by atoms with van der Waals surface area (Å²) in [4.78, 5) is 0.977. The van der Waals surface area contributed by atoms with Gasteiger partial charge in [0.05, 0.1) is 16.0 Å². The molecule has 0 aliphatic carbocycles. The Labute approximate surface area is 126 Å². The largest absolute Gasteiger partial charge is 0.373 e. The average Bonchev–Trinajstić information content (AvgIpc) is 2.71. The molecule has 1 aliphatic heterocycles. The minimum absolute atomic E-state index is 0.0730. The van der Waals surface area contributed by atoms with E-state index in [-0.39, 0.29) is 12.2 Å². The molecule has 0 bridgehead atoms. The van der Waals surface area contributed by atoms with Gasteiger partial charge in [0, 0.05) is 24.5 Å². The van der Waals surface area contributed by atoms with Gasteiger partial charge in [-0.2, -0.15) is 17.4 Å². The maximum atomic E-state index is 12.2. The highest BCUT2D eigenvalue weighted by Gasteiger charge is 2.30. The molecule has 1 aromatic rings. The highest BCUT2D eigenvalue weighted by atomic mass is 79.9. The van der Waals surface area contributed by atoms with E-state index in [4.69, 9.17) is 4.74 Å². The molecule has 1 N–H and O–H groups in total. The SMILES string of the molecule is CC1CN(S(=O)(=O)NCc2ccc(Br)s2)CC(C)O1. The summed E-state index contributed by atoms with van der Waals surface area (Å²) in [6.07, 6.45) is -0.146. The number of halogens is 1. The molecule has 1 saturated heterocycles. The molecule has 5 nitrogen and oxygen atoms in total. The molecule has 0 amide bonds. The molecule has 8 heteroatoms. The van der Waals surface area contributed by atoms with Crippen LogP contribution in [0.15, 0.2) is 15.9 Å². The Morgan fingerprint density at radius 2 is 2.05 bits per heavy atom. The molecule has 1 aliphatic rings. The summed E-state index contributed by atoms with van der Waals surface area (Å²) in [5, 5.41) is 0. The summed E-state index contributed by atoms with van der Waals surface area (Å²) in [7, 11) is -3.44. The second kappa shape index (κ2) is 6.19. The van der Waals surface area contributed by atoms with E-state index < -0.39 is 10.2 Å². The summed E-state index contributed by atoms with van der Waals surface area (Å²) in [6, 6.07) is 3.81. The third-order valence-electron chi connectivity index (χ3n) is 2.78. The topological polar surface area (TPSA) is 58.6 Å². The molecular weight excluding hydrogens is 352 g/mol. The molecule has 2 atom stereocenters. The molecule has 2 unspecified atom stereocenters. The summed E-state index contributed by atoms with van der Waals surface area (Å²) >= 11 is 4.88. The first kappa shape index (κ1) is 15.4. The third-order valence-corrected chi connectivity index (χ3v) is 5.89. The van der Waals surface area contributed by atoms with Gasteiger partial charge in [0.25, 0.3) is 10.2 Å². The number of hydrogen-bond donors (Lipinski definition) is 1. The van der Waals surface area contributed by atoms with Gasteiger partial charge in [-0.15, -0.1) is 11.3 Å². The minimum atomic E-state index is -3.44. The van der Waals surface area contributed by atoms with Crippen molar-refractivity contribution in [2.45, 2.75) is 32.6 Å². The van der Waals surface area contributed by atoms with Crippen LogP contribution in [0.2, 0.25) is 0 Å². The van der Waals surface area contributed by atoms with Crippen molar-refractivity contribution in [2.75, 3.05) is 13.1 Å². The average molecular weight is 369 g/mol. The van der Waals surface area contributed by atoms with Crippen LogP contribution in [0, 0.1) is 0 Å². The third kappa shape index (κ3) is 4.24. The van der Waals surface area contributed by atoms with Crippen molar-refractivity contribution < 1.29 is 13.2 Å². The van der Waals surface area contributed by atoms with E-state index in [1.54, 1.807) is 0 Å². The second-order valence-electron chi connectivity index (χ2n) is 4.61. The van der Waals surface area contributed by atoms with E-state index in [0.717, 1.165) is 8.66 Å². The van der Waals surface area contributed by atoms with Crippen molar-refractivity contribution in [1.82, 2.24) is 9.03 Å². The number of ether oxygens (including phenoxy) is 1.